The molecule has 2 N–H and O–H groups in total. The summed E-state index contributed by atoms with van der Waals surface area (Å²) in [4.78, 5) is 24.1. The molecule has 0 saturated heterocycles. The number of anilines is 1. The third-order valence-corrected chi connectivity index (χ3v) is 2.73. The van der Waals surface area contributed by atoms with Gasteiger partial charge in [0.2, 0.25) is 0 Å². The van der Waals surface area contributed by atoms with Gasteiger partial charge in [0.05, 0.1) is 5.69 Å². The number of carbonyl (C=O) groups is 2. The van der Waals surface area contributed by atoms with Gasteiger partial charge in [0.1, 0.15) is 5.75 Å². The van der Waals surface area contributed by atoms with E-state index in [-0.39, 0.29) is 6.03 Å². The zero-order valence-electron chi connectivity index (χ0n) is 12.0. The molecule has 0 atom stereocenters. The SMILES string of the molecule is C=CCCCN(C)C(=O)Nc1ccccc1OCC(=O)O. The number of allylic oxidation sites excluding steroid dienone is 1. The van der Waals surface area contributed by atoms with Crippen LogP contribution in [0.4, 0.5) is 10.5 Å². The molecule has 1 aromatic carbocycles. The van der Waals surface area contributed by atoms with Crippen LogP contribution in [0.5, 0.6) is 5.75 Å². The first-order valence-corrected chi connectivity index (χ1v) is 6.61. The number of carboxylic acid groups (broad SMARTS) is 1. The van der Waals surface area contributed by atoms with E-state index in [1.54, 1.807) is 42.3 Å². The highest BCUT2D eigenvalue weighted by Crippen LogP contribution is 2.23. The molecular weight excluding hydrogens is 272 g/mol. The molecule has 1 rings (SSSR count). The molecule has 0 aromatic heterocycles. The van der Waals surface area contributed by atoms with Crippen molar-refractivity contribution >= 4 is 17.7 Å². The molecule has 2 amide bonds. The van der Waals surface area contributed by atoms with E-state index in [0.717, 1.165) is 12.8 Å². The van der Waals surface area contributed by atoms with Crippen LogP contribution in [0, 0.1) is 0 Å². The summed E-state index contributed by atoms with van der Waals surface area (Å²) in [5.74, 6) is -0.745. The number of carbonyl (C=O) groups excluding carboxylic acids is 1. The summed E-state index contributed by atoms with van der Waals surface area (Å²) < 4.78 is 5.13. The van der Waals surface area contributed by atoms with Crippen LogP contribution in [0.1, 0.15) is 12.8 Å². The summed E-state index contributed by atoms with van der Waals surface area (Å²) in [6.07, 6.45) is 3.49. The Morgan fingerprint density at radius 2 is 2.14 bits per heavy atom. The Hall–Kier alpha value is -2.50. The number of rotatable bonds is 8. The van der Waals surface area contributed by atoms with Crippen molar-refractivity contribution in [3.05, 3.63) is 36.9 Å². The molecule has 0 radical (unpaired) electrons. The average molecular weight is 292 g/mol. The molecule has 0 aliphatic heterocycles. The Morgan fingerprint density at radius 1 is 1.43 bits per heavy atom. The van der Waals surface area contributed by atoms with E-state index in [9.17, 15) is 9.59 Å². The maximum absolute atomic E-state index is 12.0. The lowest BCUT2D eigenvalue weighted by atomic mass is 10.3. The Balaban J connectivity index is 2.62. The van der Waals surface area contributed by atoms with Crippen LogP contribution < -0.4 is 10.1 Å². The van der Waals surface area contributed by atoms with Gasteiger partial charge in [-0.05, 0) is 25.0 Å². The summed E-state index contributed by atoms with van der Waals surface area (Å²) in [7, 11) is 1.69. The largest absolute Gasteiger partial charge is 0.480 e. The topological polar surface area (TPSA) is 78.9 Å². The van der Waals surface area contributed by atoms with Crippen molar-refractivity contribution in [1.82, 2.24) is 4.90 Å². The Morgan fingerprint density at radius 3 is 2.81 bits per heavy atom. The number of amides is 2. The molecular formula is C15H20N2O4. The number of aliphatic carboxylic acids is 1. The zero-order valence-corrected chi connectivity index (χ0v) is 12.0. The van der Waals surface area contributed by atoms with E-state index < -0.39 is 12.6 Å². The molecule has 1 aromatic rings. The Labute approximate surface area is 124 Å². The van der Waals surface area contributed by atoms with E-state index in [2.05, 4.69) is 11.9 Å². The van der Waals surface area contributed by atoms with Gasteiger partial charge in [0.25, 0.3) is 0 Å². The lowest BCUT2D eigenvalue weighted by molar-refractivity contribution is -0.139. The minimum absolute atomic E-state index is 0.273. The second kappa shape index (κ2) is 8.63. The van der Waals surface area contributed by atoms with E-state index in [0.29, 0.717) is 18.0 Å². The lowest BCUT2D eigenvalue weighted by Crippen LogP contribution is -2.32. The number of hydrogen-bond donors (Lipinski definition) is 2. The molecule has 114 valence electrons. The highest BCUT2D eigenvalue weighted by Gasteiger charge is 2.12. The number of hydrogen-bond acceptors (Lipinski definition) is 3. The van der Waals surface area contributed by atoms with Gasteiger partial charge in [-0.25, -0.2) is 9.59 Å². The van der Waals surface area contributed by atoms with Gasteiger partial charge in [-0.1, -0.05) is 18.2 Å². The standard InChI is InChI=1S/C15H20N2O4/c1-3-4-7-10-17(2)15(20)16-12-8-5-6-9-13(12)21-11-14(18)19/h3,5-6,8-9H,1,4,7,10-11H2,2H3,(H,16,20)(H,18,19). The van der Waals surface area contributed by atoms with Crippen molar-refractivity contribution in [1.29, 1.82) is 0 Å². The van der Waals surface area contributed by atoms with Gasteiger partial charge in [0.15, 0.2) is 6.61 Å². The van der Waals surface area contributed by atoms with Gasteiger partial charge in [0, 0.05) is 13.6 Å². The third kappa shape index (κ3) is 5.99. The zero-order chi connectivity index (χ0) is 15.7. The molecule has 0 aliphatic carbocycles. The summed E-state index contributed by atoms with van der Waals surface area (Å²) in [6, 6.07) is 6.44. The summed E-state index contributed by atoms with van der Waals surface area (Å²) >= 11 is 0. The molecule has 0 heterocycles. The molecule has 0 spiro atoms. The molecule has 6 heteroatoms. The van der Waals surface area contributed by atoms with E-state index >= 15 is 0 Å². The number of urea groups is 1. The van der Waals surface area contributed by atoms with Gasteiger partial charge in [-0.3, -0.25) is 0 Å². The average Bonchev–Trinajstić information content (AvgIpc) is 2.46. The van der Waals surface area contributed by atoms with Crippen LogP contribution in [-0.4, -0.2) is 42.2 Å². The number of para-hydroxylation sites is 2. The number of benzene rings is 1. The number of carboxylic acids is 1. The molecule has 21 heavy (non-hydrogen) atoms. The first-order valence-electron chi connectivity index (χ1n) is 6.61. The van der Waals surface area contributed by atoms with Crippen molar-refractivity contribution in [3.8, 4) is 5.75 Å². The fourth-order valence-corrected chi connectivity index (χ4v) is 1.62. The maximum atomic E-state index is 12.0. The van der Waals surface area contributed by atoms with Crippen molar-refractivity contribution in [2.75, 3.05) is 25.5 Å². The lowest BCUT2D eigenvalue weighted by Gasteiger charge is -2.18. The minimum atomic E-state index is -1.07. The smallest absolute Gasteiger partial charge is 0.341 e. The Bertz CT molecular complexity index is 502. The molecule has 6 nitrogen and oxygen atoms in total. The summed E-state index contributed by atoms with van der Waals surface area (Å²) in [5, 5.41) is 11.3. The number of unbranched alkanes of at least 4 members (excludes halogenated alkanes) is 1. The second-order valence-corrected chi connectivity index (χ2v) is 4.46. The predicted molar refractivity (Wildman–Crippen MR) is 80.7 cm³/mol. The van der Waals surface area contributed by atoms with E-state index in [4.69, 9.17) is 9.84 Å². The van der Waals surface area contributed by atoms with Crippen molar-refractivity contribution in [2.45, 2.75) is 12.8 Å². The number of nitrogens with one attached hydrogen (secondary N) is 1. The van der Waals surface area contributed by atoms with Crippen molar-refractivity contribution in [2.24, 2.45) is 0 Å². The maximum Gasteiger partial charge on any atom is 0.341 e. The first-order chi connectivity index (χ1) is 10.0. The van der Waals surface area contributed by atoms with Crippen LogP contribution in [0.25, 0.3) is 0 Å². The molecule has 0 aliphatic rings. The van der Waals surface area contributed by atoms with Crippen LogP contribution in [0.3, 0.4) is 0 Å². The van der Waals surface area contributed by atoms with Gasteiger partial charge in [-0.2, -0.15) is 0 Å². The highest BCUT2D eigenvalue weighted by molar-refractivity contribution is 5.90. The third-order valence-electron chi connectivity index (χ3n) is 2.73. The van der Waals surface area contributed by atoms with Gasteiger partial charge < -0.3 is 20.1 Å². The first kappa shape index (κ1) is 16.6. The van der Waals surface area contributed by atoms with Crippen LogP contribution >= 0.6 is 0 Å². The predicted octanol–water partition coefficient (Wildman–Crippen LogP) is 2.58. The van der Waals surface area contributed by atoms with Crippen LogP contribution in [0.15, 0.2) is 36.9 Å². The summed E-state index contributed by atoms with van der Waals surface area (Å²) in [6.45, 7) is 3.78. The Kier molecular flexibility index (Phi) is 6.80. The van der Waals surface area contributed by atoms with Crippen molar-refractivity contribution in [3.63, 3.8) is 0 Å². The van der Waals surface area contributed by atoms with E-state index in [1.165, 1.54) is 0 Å². The number of ether oxygens (including phenoxy) is 1. The van der Waals surface area contributed by atoms with Crippen LogP contribution in [-0.2, 0) is 4.79 Å². The van der Waals surface area contributed by atoms with Gasteiger partial charge >= 0.3 is 12.0 Å². The number of nitrogens with zero attached hydrogens (tertiary/aromatic N) is 1. The molecule has 0 unspecified atom stereocenters. The quantitative estimate of drug-likeness (QED) is 0.570. The molecule has 0 fully saturated rings. The molecule has 0 saturated carbocycles. The molecule has 0 bridgehead atoms. The van der Waals surface area contributed by atoms with Crippen molar-refractivity contribution < 1.29 is 19.4 Å². The fraction of sp³-hybridized carbons (Fsp3) is 0.333. The second-order valence-electron chi connectivity index (χ2n) is 4.46. The monoisotopic (exact) mass is 292 g/mol. The fourth-order valence-electron chi connectivity index (χ4n) is 1.62. The van der Waals surface area contributed by atoms with E-state index in [1.807, 2.05) is 0 Å². The minimum Gasteiger partial charge on any atom is -0.480 e. The highest BCUT2D eigenvalue weighted by atomic mass is 16.5. The van der Waals surface area contributed by atoms with Gasteiger partial charge in [-0.15, -0.1) is 6.58 Å². The normalized spacial score (nSPS) is 9.76. The van der Waals surface area contributed by atoms with Crippen LogP contribution in [0.2, 0.25) is 0 Å². The summed E-state index contributed by atoms with van der Waals surface area (Å²) in [5.41, 5.74) is 0.444.